The van der Waals surface area contributed by atoms with Crippen molar-refractivity contribution < 1.29 is 4.79 Å². The summed E-state index contributed by atoms with van der Waals surface area (Å²) in [6.07, 6.45) is 10.1. The number of allylic oxidation sites excluding steroid dienone is 6. The van der Waals surface area contributed by atoms with E-state index < -0.39 is 0 Å². The van der Waals surface area contributed by atoms with Crippen molar-refractivity contribution in [3.8, 4) is 0 Å². The minimum absolute atomic E-state index is 0.0194. The Balaban J connectivity index is 0.000000224. The summed E-state index contributed by atoms with van der Waals surface area (Å²) in [5, 5.41) is 6.75. The molecule has 1 aliphatic carbocycles. The van der Waals surface area contributed by atoms with Gasteiger partial charge in [0.05, 0.1) is 0 Å². The van der Waals surface area contributed by atoms with Gasteiger partial charge in [-0.25, -0.2) is 0 Å². The van der Waals surface area contributed by atoms with E-state index in [4.69, 9.17) is 0 Å². The first-order chi connectivity index (χ1) is 13.8. The minimum Gasteiger partial charge on any atom is -0.329 e. The van der Waals surface area contributed by atoms with E-state index >= 15 is 0 Å². The molecule has 2 heterocycles. The number of aromatic nitrogens is 1. The Morgan fingerprint density at radius 3 is 2.59 bits per heavy atom. The third-order valence-electron chi connectivity index (χ3n) is 5.74. The lowest BCUT2D eigenvalue weighted by atomic mass is 10.0. The van der Waals surface area contributed by atoms with E-state index in [0.29, 0.717) is 0 Å². The highest BCUT2D eigenvalue weighted by atomic mass is 16.2. The molecule has 0 radical (unpaired) electrons. The quantitative estimate of drug-likeness (QED) is 0.823. The Bertz CT molecular complexity index is 1140. The molecular formula is C26H30N2O. The number of hydrogen-bond acceptors (Lipinski definition) is 1. The Hall–Kier alpha value is -3.07. The topological polar surface area (TPSA) is 34.0 Å². The van der Waals surface area contributed by atoms with Crippen LogP contribution in [0.3, 0.4) is 0 Å². The van der Waals surface area contributed by atoms with Crippen molar-refractivity contribution in [2.24, 2.45) is 0 Å². The summed E-state index contributed by atoms with van der Waals surface area (Å²) >= 11 is 0. The summed E-state index contributed by atoms with van der Waals surface area (Å²) in [4.78, 5) is 12.2. The second kappa shape index (κ2) is 8.52. The van der Waals surface area contributed by atoms with Crippen molar-refractivity contribution >= 4 is 29.8 Å². The van der Waals surface area contributed by atoms with E-state index in [1.54, 1.807) is 0 Å². The van der Waals surface area contributed by atoms with Crippen LogP contribution in [0.15, 0.2) is 66.4 Å². The van der Waals surface area contributed by atoms with Gasteiger partial charge in [0, 0.05) is 27.2 Å². The lowest BCUT2D eigenvalue weighted by molar-refractivity contribution is -0.124. The van der Waals surface area contributed by atoms with Gasteiger partial charge in [0.25, 0.3) is 0 Å². The third kappa shape index (κ3) is 4.04. The molecule has 1 aliphatic heterocycles. The van der Waals surface area contributed by atoms with Crippen LogP contribution in [-0.4, -0.2) is 10.5 Å². The number of piperidine rings is 1. The van der Waals surface area contributed by atoms with Crippen molar-refractivity contribution in [3.05, 3.63) is 82.7 Å². The van der Waals surface area contributed by atoms with Crippen LogP contribution in [-0.2, 0) is 4.79 Å². The molecule has 1 amide bonds. The number of hydrogen-bond donors (Lipinski definition) is 1. The van der Waals surface area contributed by atoms with Gasteiger partial charge in [-0.15, -0.1) is 0 Å². The van der Waals surface area contributed by atoms with Crippen molar-refractivity contribution in [1.29, 1.82) is 0 Å². The SMILES string of the molecule is C=C(CC)C1=CC=CC1.C=C1CCC(n2c(=C)c3cccc(C)c3c2=C)C(=O)N1. The van der Waals surface area contributed by atoms with Crippen LogP contribution in [0.1, 0.15) is 44.2 Å². The lowest BCUT2D eigenvalue weighted by Gasteiger charge is -2.25. The zero-order valence-electron chi connectivity index (χ0n) is 17.6. The van der Waals surface area contributed by atoms with Crippen LogP contribution in [0, 0.1) is 6.92 Å². The number of aryl methyl sites for hydroxylation is 1. The summed E-state index contributed by atoms with van der Waals surface area (Å²) in [5.41, 5.74) is 4.63. The molecule has 4 rings (SSSR count). The summed E-state index contributed by atoms with van der Waals surface area (Å²) in [6.45, 7) is 20.3. The molecule has 1 aromatic carbocycles. The second-order valence-electron chi connectivity index (χ2n) is 7.69. The first-order valence-corrected chi connectivity index (χ1v) is 10.1. The van der Waals surface area contributed by atoms with Crippen molar-refractivity contribution in [2.45, 2.75) is 45.6 Å². The molecule has 1 atom stereocenters. The highest BCUT2D eigenvalue weighted by Crippen LogP contribution is 2.22. The molecule has 1 saturated heterocycles. The number of fused-ring (bicyclic) bond motifs is 1. The molecule has 0 bridgehead atoms. The van der Waals surface area contributed by atoms with Gasteiger partial charge in [-0.05, 0) is 43.7 Å². The Morgan fingerprint density at radius 2 is 2.00 bits per heavy atom. The predicted octanol–water partition coefficient (Wildman–Crippen LogP) is 4.57. The van der Waals surface area contributed by atoms with Crippen LogP contribution < -0.4 is 16.0 Å². The molecule has 2 aromatic rings. The normalized spacial score (nSPS) is 18.3. The standard InChI is InChI=1S/C17H18N2O.C9H12/c1-10-6-5-7-14-12(3)19(13(4)16(10)14)15-9-8-11(2)18-17(15)20;1-3-8(2)9-6-4-5-7-9/h5-7,15H,2-4,8-9H2,1H3,(H,18,20);4-6H,2-3,7H2,1H3. The monoisotopic (exact) mass is 386 g/mol. The fraction of sp³-hybridized carbons (Fsp3) is 0.269. The van der Waals surface area contributed by atoms with Crippen molar-refractivity contribution in [2.75, 3.05) is 0 Å². The summed E-state index contributed by atoms with van der Waals surface area (Å²) < 4.78 is 1.97. The molecule has 3 nitrogen and oxygen atoms in total. The molecule has 150 valence electrons. The van der Waals surface area contributed by atoms with Gasteiger partial charge in [-0.2, -0.15) is 0 Å². The van der Waals surface area contributed by atoms with Crippen LogP contribution in [0.2, 0.25) is 0 Å². The van der Waals surface area contributed by atoms with Gasteiger partial charge in [0.2, 0.25) is 5.91 Å². The average Bonchev–Trinajstić information content (AvgIpc) is 3.31. The van der Waals surface area contributed by atoms with E-state index in [1.807, 2.05) is 16.7 Å². The number of nitrogens with zero attached hydrogens (tertiary/aromatic N) is 1. The molecular weight excluding hydrogens is 356 g/mol. The lowest BCUT2D eigenvalue weighted by Crippen LogP contribution is -2.42. The van der Waals surface area contributed by atoms with Gasteiger partial charge < -0.3 is 9.88 Å². The molecule has 1 fully saturated rings. The third-order valence-corrected chi connectivity index (χ3v) is 5.74. The van der Waals surface area contributed by atoms with Crippen molar-refractivity contribution in [1.82, 2.24) is 9.88 Å². The maximum Gasteiger partial charge on any atom is 0.247 e. The minimum atomic E-state index is -0.243. The van der Waals surface area contributed by atoms with Crippen molar-refractivity contribution in [3.63, 3.8) is 0 Å². The fourth-order valence-electron chi connectivity index (χ4n) is 4.03. The molecule has 2 aliphatic rings. The number of amides is 1. The fourth-order valence-corrected chi connectivity index (χ4v) is 4.03. The summed E-state index contributed by atoms with van der Waals surface area (Å²) in [5.74, 6) is -0.0194. The number of rotatable bonds is 3. The van der Waals surface area contributed by atoms with E-state index in [9.17, 15) is 4.79 Å². The Morgan fingerprint density at radius 1 is 1.24 bits per heavy atom. The Labute approximate surface area is 173 Å². The van der Waals surface area contributed by atoms with Crippen LogP contribution in [0.5, 0.6) is 0 Å². The number of carbonyl (C=O) groups is 1. The predicted molar refractivity (Wildman–Crippen MR) is 124 cm³/mol. The van der Waals surface area contributed by atoms with Gasteiger partial charge in [0.15, 0.2) is 0 Å². The summed E-state index contributed by atoms with van der Waals surface area (Å²) in [7, 11) is 0. The molecule has 0 saturated carbocycles. The molecule has 1 N–H and O–H groups in total. The average molecular weight is 387 g/mol. The smallest absolute Gasteiger partial charge is 0.247 e. The van der Waals surface area contributed by atoms with E-state index in [1.165, 1.54) is 11.1 Å². The first kappa shape index (κ1) is 20.7. The van der Waals surface area contributed by atoms with Gasteiger partial charge in [0.1, 0.15) is 6.04 Å². The zero-order valence-corrected chi connectivity index (χ0v) is 17.6. The first-order valence-electron chi connectivity index (χ1n) is 10.1. The van der Waals surface area contributed by atoms with Crippen LogP contribution in [0.25, 0.3) is 23.9 Å². The number of benzene rings is 1. The maximum absolute atomic E-state index is 12.2. The number of nitrogens with one attached hydrogen (secondary N) is 1. The van der Waals surface area contributed by atoms with Gasteiger partial charge in [-0.1, -0.05) is 75.2 Å². The molecule has 1 unspecified atom stereocenters. The second-order valence-corrected chi connectivity index (χ2v) is 7.69. The molecule has 1 aromatic heterocycles. The highest BCUT2D eigenvalue weighted by Gasteiger charge is 2.27. The van der Waals surface area contributed by atoms with E-state index in [-0.39, 0.29) is 11.9 Å². The molecule has 29 heavy (non-hydrogen) atoms. The van der Waals surface area contributed by atoms with E-state index in [0.717, 1.165) is 58.4 Å². The number of carbonyl (C=O) groups excluding carboxylic acids is 1. The van der Waals surface area contributed by atoms with E-state index in [2.05, 4.69) is 69.8 Å². The largest absolute Gasteiger partial charge is 0.329 e. The van der Waals surface area contributed by atoms with Gasteiger partial charge >= 0.3 is 0 Å². The van der Waals surface area contributed by atoms with Gasteiger partial charge in [-0.3, -0.25) is 4.79 Å². The highest BCUT2D eigenvalue weighted by molar-refractivity contribution is 5.89. The maximum atomic E-state index is 12.2. The Kier molecular flexibility index (Phi) is 6.07. The summed E-state index contributed by atoms with van der Waals surface area (Å²) in [6, 6.07) is 5.87. The molecule has 0 spiro atoms. The van der Waals surface area contributed by atoms with Crippen LogP contribution >= 0.6 is 0 Å². The van der Waals surface area contributed by atoms with Crippen LogP contribution in [0.4, 0.5) is 0 Å². The molecule has 3 heteroatoms. The zero-order chi connectivity index (χ0) is 21.1.